The number of hydrogen-bond donors (Lipinski definition) is 0. The number of hydrogen-bond acceptors (Lipinski definition) is 6. The minimum atomic E-state index is -1.36. The Kier molecular flexibility index (Phi) is 6.02. The molecule has 3 amide bonds. The Labute approximate surface area is 197 Å². The predicted octanol–water partition coefficient (Wildman–Crippen LogP) is 2.29. The smallest absolute Gasteiger partial charge is 0.241 e. The summed E-state index contributed by atoms with van der Waals surface area (Å²) >= 11 is 0. The zero-order valence-electron chi connectivity index (χ0n) is 19.0. The summed E-state index contributed by atoms with van der Waals surface area (Å²) in [7, 11) is 0. The van der Waals surface area contributed by atoms with Crippen molar-refractivity contribution in [2.24, 2.45) is 0 Å². The number of rotatable bonds is 5. The molecule has 2 saturated heterocycles. The van der Waals surface area contributed by atoms with E-state index in [0.717, 1.165) is 25.7 Å². The Balaban J connectivity index is 1.37. The molecule has 2 aromatic rings. The van der Waals surface area contributed by atoms with Gasteiger partial charge in [-0.1, -0.05) is 25.0 Å². The van der Waals surface area contributed by atoms with E-state index in [2.05, 4.69) is 9.97 Å². The van der Waals surface area contributed by atoms with Crippen LogP contribution in [-0.2, 0) is 19.8 Å². The van der Waals surface area contributed by atoms with Crippen LogP contribution in [0.5, 0.6) is 0 Å². The average Bonchev–Trinajstić information content (AvgIpc) is 3.46. The molecule has 1 aliphatic carbocycles. The normalized spacial score (nSPS) is 23.7. The Morgan fingerprint density at radius 2 is 1.74 bits per heavy atom. The minimum Gasteiger partial charge on any atom is -0.339 e. The first kappa shape index (κ1) is 22.4. The SMILES string of the molecule is O=C(C[C@]1(c2cccc(F)c2)CC(=O)N(C2CCCC2)C1=O)N1CCN(c2ncccn2)CC1. The molecule has 9 heteroatoms. The summed E-state index contributed by atoms with van der Waals surface area (Å²) in [6.07, 6.45) is 6.64. The van der Waals surface area contributed by atoms with E-state index in [0.29, 0.717) is 37.7 Å². The molecule has 0 spiro atoms. The Hall–Kier alpha value is -3.36. The molecule has 8 nitrogen and oxygen atoms in total. The maximum atomic E-state index is 14.2. The second-order valence-corrected chi connectivity index (χ2v) is 9.37. The van der Waals surface area contributed by atoms with Gasteiger partial charge in [-0.05, 0) is 36.6 Å². The molecule has 0 N–H and O–H groups in total. The van der Waals surface area contributed by atoms with Crippen molar-refractivity contribution < 1.29 is 18.8 Å². The van der Waals surface area contributed by atoms with E-state index >= 15 is 0 Å². The summed E-state index contributed by atoms with van der Waals surface area (Å²) in [4.78, 5) is 53.9. The standard InChI is InChI=1S/C25H28FN5O3/c26-19-6-3-5-18(15-19)25(17-22(33)31(23(25)34)20-7-1-2-8-20)16-21(32)29-11-13-30(14-12-29)24-27-9-4-10-28-24/h3-6,9-10,15,20H,1-2,7-8,11-14,16-17H2/t25-/m1/s1. The summed E-state index contributed by atoms with van der Waals surface area (Å²) in [6.45, 7) is 2.07. The van der Waals surface area contributed by atoms with E-state index in [-0.39, 0.29) is 36.6 Å². The number of aromatic nitrogens is 2. The first-order valence-corrected chi connectivity index (χ1v) is 11.9. The van der Waals surface area contributed by atoms with Gasteiger partial charge < -0.3 is 9.80 Å². The molecular weight excluding hydrogens is 437 g/mol. The summed E-state index contributed by atoms with van der Waals surface area (Å²) in [5, 5.41) is 0. The van der Waals surface area contributed by atoms with E-state index in [9.17, 15) is 18.8 Å². The van der Waals surface area contributed by atoms with Crippen LogP contribution in [0.3, 0.4) is 0 Å². The zero-order chi connectivity index (χ0) is 23.7. The van der Waals surface area contributed by atoms with Gasteiger partial charge in [0.1, 0.15) is 5.82 Å². The fourth-order valence-corrected chi connectivity index (χ4v) is 5.53. The monoisotopic (exact) mass is 465 g/mol. The van der Waals surface area contributed by atoms with Crippen LogP contribution >= 0.6 is 0 Å². The minimum absolute atomic E-state index is 0.102. The average molecular weight is 466 g/mol. The van der Waals surface area contributed by atoms with Crippen molar-refractivity contribution in [1.82, 2.24) is 19.8 Å². The van der Waals surface area contributed by atoms with Crippen LogP contribution in [0.15, 0.2) is 42.7 Å². The number of nitrogens with zero attached hydrogens (tertiary/aromatic N) is 5. The molecule has 2 aliphatic heterocycles. The van der Waals surface area contributed by atoms with Crippen LogP contribution in [0.25, 0.3) is 0 Å². The third-order valence-electron chi connectivity index (χ3n) is 7.34. The van der Waals surface area contributed by atoms with Crippen molar-refractivity contribution in [3.8, 4) is 0 Å². The van der Waals surface area contributed by atoms with Crippen LogP contribution in [-0.4, -0.2) is 69.7 Å². The molecule has 0 bridgehead atoms. The number of likely N-dealkylation sites (tertiary alicyclic amines) is 1. The predicted molar refractivity (Wildman–Crippen MR) is 122 cm³/mol. The highest BCUT2D eigenvalue weighted by atomic mass is 19.1. The van der Waals surface area contributed by atoms with Gasteiger partial charge in [-0.25, -0.2) is 14.4 Å². The molecule has 1 aromatic carbocycles. The molecule has 178 valence electrons. The van der Waals surface area contributed by atoms with E-state index in [1.165, 1.54) is 23.1 Å². The van der Waals surface area contributed by atoms with E-state index < -0.39 is 11.2 Å². The number of carbonyl (C=O) groups excluding carboxylic acids is 3. The first-order chi connectivity index (χ1) is 16.5. The van der Waals surface area contributed by atoms with E-state index in [1.54, 1.807) is 29.4 Å². The van der Waals surface area contributed by atoms with Crippen molar-refractivity contribution in [3.05, 3.63) is 54.1 Å². The van der Waals surface area contributed by atoms with Gasteiger partial charge in [0.05, 0.1) is 5.41 Å². The molecule has 34 heavy (non-hydrogen) atoms. The Bertz CT molecular complexity index is 1080. The molecule has 1 aromatic heterocycles. The van der Waals surface area contributed by atoms with Crippen molar-refractivity contribution in [3.63, 3.8) is 0 Å². The lowest BCUT2D eigenvalue weighted by molar-refractivity contribution is -0.144. The van der Waals surface area contributed by atoms with Crippen LogP contribution in [0.2, 0.25) is 0 Å². The number of piperazine rings is 1. The van der Waals surface area contributed by atoms with Gasteiger partial charge >= 0.3 is 0 Å². The zero-order valence-corrected chi connectivity index (χ0v) is 19.0. The quantitative estimate of drug-likeness (QED) is 0.630. The Morgan fingerprint density at radius 1 is 1.03 bits per heavy atom. The first-order valence-electron chi connectivity index (χ1n) is 11.9. The van der Waals surface area contributed by atoms with Gasteiger partial charge in [0.2, 0.25) is 23.7 Å². The fourth-order valence-electron chi connectivity index (χ4n) is 5.53. The van der Waals surface area contributed by atoms with Gasteiger partial charge in [0, 0.05) is 57.5 Å². The van der Waals surface area contributed by atoms with E-state index in [1.807, 2.05) is 4.90 Å². The van der Waals surface area contributed by atoms with Crippen LogP contribution in [0.4, 0.5) is 10.3 Å². The molecule has 1 atom stereocenters. The lowest BCUT2D eigenvalue weighted by Gasteiger charge is -2.37. The van der Waals surface area contributed by atoms with Crippen LogP contribution in [0, 0.1) is 5.82 Å². The summed E-state index contributed by atoms with van der Waals surface area (Å²) in [5.41, 5.74) is -0.963. The van der Waals surface area contributed by atoms with Crippen LogP contribution in [0.1, 0.15) is 44.1 Å². The van der Waals surface area contributed by atoms with E-state index in [4.69, 9.17) is 0 Å². The highest BCUT2D eigenvalue weighted by molar-refractivity contribution is 6.11. The lowest BCUT2D eigenvalue weighted by atomic mass is 9.75. The van der Waals surface area contributed by atoms with Crippen molar-refractivity contribution in [2.45, 2.75) is 50.0 Å². The molecule has 3 fully saturated rings. The number of carbonyl (C=O) groups is 3. The van der Waals surface area contributed by atoms with Gasteiger partial charge in [0.25, 0.3) is 0 Å². The van der Waals surface area contributed by atoms with Crippen LogP contribution < -0.4 is 4.90 Å². The van der Waals surface area contributed by atoms with Gasteiger partial charge in [-0.15, -0.1) is 0 Å². The topological polar surface area (TPSA) is 86.7 Å². The summed E-state index contributed by atoms with van der Waals surface area (Å²) < 4.78 is 14.2. The molecule has 3 heterocycles. The molecule has 5 rings (SSSR count). The number of halogens is 1. The van der Waals surface area contributed by atoms with Crippen molar-refractivity contribution >= 4 is 23.7 Å². The van der Waals surface area contributed by atoms with Gasteiger partial charge in [0.15, 0.2) is 0 Å². The van der Waals surface area contributed by atoms with Gasteiger partial charge in [-0.3, -0.25) is 19.3 Å². The fraction of sp³-hybridized carbons (Fsp3) is 0.480. The largest absolute Gasteiger partial charge is 0.339 e. The number of anilines is 1. The maximum Gasteiger partial charge on any atom is 0.241 e. The second-order valence-electron chi connectivity index (χ2n) is 9.37. The maximum absolute atomic E-state index is 14.2. The summed E-state index contributed by atoms with van der Waals surface area (Å²) in [5.74, 6) is -0.693. The molecular formula is C25H28FN5O3. The molecule has 3 aliphatic rings. The lowest BCUT2D eigenvalue weighted by Crippen LogP contribution is -2.51. The van der Waals surface area contributed by atoms with Crippen molar-refractivity contribution in [2.75, 3.05) is 31.1 Å². The Morgan fingerprint density at radius 3 is 2.41 bits per heavy atom. The highest BCUT2D eigenvalue weighted by Gasteiger charge is 2.56. The molecule has 0 unspecified atom stereocenters. The third-order valence-corrected chi connectivity index (χ3v) is 7.34. The third kappa shape index (κ3) is 4.03. The van der Waals surface area contributed by atoms with Crippen molar-refractivity contribution in [1.29, 1.82) is 0 Å². The number of benzene rings is 1. The molecule has 0 radical (unpaired) electrons. The number of amides is 3. The molecule has 1 saturated carbocycles. The highest BCUT2D eigenvalue weighted by Crippen LogP contribution is 2.43. The van der Waals surface area contributed by atoms with Gasteiger partial charge in [-0.2, -0.15) is 0 Å². The second kappa shape index (κ2) is 9.12. The summed E-state index contributed by atoms with van der Waals surface area (Å²) in [6, 6.07) is 7.42. The number of imide groups is 1.